The Morgan fingerprint density at radius 2 is 1.52 bits per heavy atom. The topological polar surface area (TPSA) is 19.1 Å². The van der Waals surface area contributed by atoms with Crippen LogP contribution in [0.2, 0.25) is 0 Å². The first-order chi connectivity index (χ1) is 10.4. The number of pyridine rings is 1. The molecule has 4 heteroatoms. The molecule has 0 radical (unpaired) electrons. The van der Waals surface area contributed by atoms with Crippen LogP contribution >= 0.6 is 0 Å². The smallest absolute Gasteiger partial charge is 0.262 e. The second kappa shape index (κ2) is 6.71. The fourth-order valence-corrected chi connectivity index (χ4v) is 3.44. The van der Waals surface area contributed by atoms with E-state index in [1.165, 1.54) is 27.9 Å². The van der Waals surface area contributed by atoms with Gasteiger partial charge in [-0.25, -0.2) is 4.58 Å². The predicted molar refractivity (Wildman–Crippen MR) is 92.6 cm³/mol. The molecule has 0 unspecified atom stereocenters. The lowest BCUT2D eigenvalue weighted by Gasteiger charge is -2.15. The summed E-state index contributed by atoms with van der Waals surface area (Å²) in [4.78, 5) is 7.02. The molecule has 0 fully saturated rings. The molecule has 0 N–H and O–H groups in total. The molecule has 0 spiro atoms. The van der Waals surface area contributed by atoms with Crippen LogP contribution < -0.4 is 17.3 Å². The van der Waals surface area contributed by atoms with Crippen molar-refractivity contribution in [1.82, 2.24) is 4.98 Å². The van der Waals surface area contributed by atoms with Crippen molar-refractivity contribution in [2.45, 2.75) is 34.6 Å². The highest BCUT2D eigenvalue weighted by atomic mass is 35.5. The first kappa shape index (κ1) is 17.5. The summed E-state index contributed by atoms with van der Waals surface area (Å²) in [6, 6.07) is 8.79. The van der Waals surface area contributed by atoms with Crippen molar-refractivity contribution >= 4 is 17.8 Å². The second-order valence-electron chi connectivity index (χ2n) is 6.39. The van der Waals surface area contributed by atoms with Crippen LogP contribution in [0.5, 0.6) is 0 Å². The van der Waals surface area contributed by atoms with E-state index in [1.54, 1.807) is 0 Å². The van der Waals surface area contributed by atoms with E-state index in [2.05, 4.69) is 79.7 Å². The Kier molecular flexibility index (Phi) is 5.10. The lowest BCUT2D eigenvalue weighted by Crippen LogP contribution is -3.00. The summed E-state index contributed by atoms with van der Waals surface area (Å²) in [5.74, 6) is 1.04. The molecule has 0 saturated heterocycles. The minimum atomic E-state index is 0. The van der Waals surface area contributed by atoms with Gasteiger partial charge in [0.2, 0.25) is 0 Å². The van der Waals surface area contributed by atoms with E-state index in [4.69, 9.17) is 0 Å². The van der Waals surface area contributed by atoms with Crippen molar-refractivity contribution in [2.24, 2.45) is 0 Å². The second-order valence-corrected chi connectivity index (χ2v) is 6.39. The number of benzene rings is 1. The van der Waals surface area contributed by atoms with Gasteiger partial charge in [-0.3, -0.25) is 4.90 Å². The van der Waals surface area contributed by atoms with Crippen LogP contribution in [0.1, 0.15) is 27.9 Å². The molecule has 1 aromatic heterocycles. The molecule has 2 aromatic rings. The number of anilines is 1. The average molecular weight is 330 g/mol. The normalized spacial score (nSPS) is 13.8. The standard InChI is InChI=1S/C19H24N3.ClH/c1-13-8-15(3)19(16(4)9-13)22-7-6-21(12-22)18-11-14(2)10-17(5)20-18;/h8-12H,6-7H2,1-5H3;1H/q+1;/p-1. The molecule has 0 saturated carbocycles. The zero-order valence-corrected chi connectivity index (χ0v) is 15.3. The van der Waals surface area contributed by atoms with Gasteiger partial charge in [0.1, 0.15) is 17.9 Å². The molecular weight excluding hydrogens is 306 g/mol. The van der Waals surface area contributed by atoms with Gasteiger partial charge in [0.25, 0.3) is 5.82 Å². The number of aryl methyl sites for hydroxylation is 5. The van der Waals surface area contributed by atoms with Crippen LogP contribution in [-0.2, 0) is 0 Å². The van der Waals surface area contributed by atoms with E-state index in [1.807, 2.05) is 0 Å². The maximum atomic E-state index is 4.67. The van der Waals surface area contributed by atoms with Gasteiger partial charge in [0.15, 0.2) is 6.34 Å². The van der Waals surface area contributed by atoms with Crippen LogP contribution in [0.15, 0.2) is 24.3 Å². The van der Waals surface area contributed by atoms with E-state index in [9.17, 15) is 0 Å². The monoisotopic (exact) mass is 329 g/mol. The summed E-state index contributed by atoms with van der Waals surface area (Å²) in [6.45, 7) is 12.7. The highest BCUT2D eigenvalue weighted by Gasteiger charge is 2.24. The lowest BCUT2D eigenvalue weighted by atomic mass is 10.0. The van der Waals surface area contributed by atoms with Gasteiger partial charge in [0.05, 0.1) is 6.54 Å². The van der Waals surface area contributed by atoms with E-state index in [0.717, 1.165) is 24.6 Å². The Hall–Kier alpha value is -1.87. The zero-order chi connectivity index (χ0) is 15.9. The van der Waals surface area contributed by atoms with Crippen LogP contribution in [0, 0.1) is 34.6 Å². The van der Waals surface area contributed by atoms with Gasteiger partial charge >= 0.3 is 0 Å². The van der Waals surface area contributed by atoms with Crippen LogP contribution in [0.25, 0.3) is 0 Å². The van der Waals surface area contributed by atoms with Crippen LogP contribution in [0.4, 0.5) is 11.5 Å². The Morgan fingerprint density at radius 3 is 2.13 bits per heavy atom. The van der Waals surface area contributed by atoms with Gasteiger partial charge < -0.3 is 12.4 Å². The molecule has 0 bridgehead atoms. The number of hydrogen-bond acceptors (Lipinski definition) is 2. The summed E-state index contributed by atoms with van der Waals surface area (Å²) in [5.41, 5.74) is 7.66. The van der Waals surface area contributed by atoms with Crippen molar-refractivity contribution in [2.75, 3.05) is 18.0 Å². The summed E-state index contributed by atoms with van der Waals surface area (Å²) in [6.07, 6.45) is 2.20. The number of halogens is 1. The van der Waals surface area contributed by atoms with E-state index >= 15 is 0 Å². The van der Waals surface area contributed by atoms with E-state index in [-0.39, 0.29) is 12.4 Å². The number of aromatic nitrogens is 1. The molecule has 1 aliphatic rings. The molecule has 1 aliphatic heterocycles. The third-order valence-corrected chi connectivity index (χ3v) is 4.16. The predicted octanol–water partition coefficient (Wildman–Crippen LogP) is 0.820. The Balaban J connectivity index is 0.00000192. The van der Waals surface area contributed by atoms with E-state index in [0.29, 0.717) is 0 Å². The highest BCUT2D eigenvalue weighted by Crippen LogP contribution is 2.27. The molecule has 2 heterocycles. The molecule has 122 valence electrons. The van der Waals surface area contributed by atoms with Gasteiger partial charge in [-0.05, 0) is 57.4 Å². The Labute approximate surface area is 145 Å². The van der Waals surface area contributed by atoms with Crippen molar-refractivity contribution in [3.8, 4) is 0 Å². The third-order valence-electron chi connectivity index (χ3n) is 4.16. The molecular formula is C19H24ClN3. The molecule has 3 rings (SSSR count). The van der Waals surface area contributed by atoms with Gasteiger partial charge in [-0.2, -0.15) is 0 Å². The minimum absolute atomic E-state index is 0. The van der Waals surface area contributed by atoms with Gasteiger partial charge in [0, 0.05) is 6.07 Å². The maximum Gasteiger partial charge on any atom is 0.262 e. The first-order valence-electron chi connectivity index (χ1n) is 7.85. The molecule has 3 nitrogen and oxygen atoms in total. The van der Waals surface area contributed by atoms with Crippen molar-refractivity contribution < 1.29 is 17.0 Å². The summed E-state index contributed by atoms with van der Waals surface area (Å²) >= 11 is 0. The highest BCUT2D eigenvalue weighted by molar-refractivity contribution is 5.81. The summed E-state index contributed by atoms with van der Waals surface area (Å²) in [7, 11) is 0. The quantitative estimate of drug-likeness (QED) is 0.760. The zero-order valence-electron chi connectivity index (χ0n) is 14.5. The molecule has 1 aromatic carbocycles. The number of rotatable bonds is 2. The number of nitrogens with zero attached hydrogens (tertiary/aromatic N) is 3. The average Bonchev–Trinajstić information content (AvgIpc) is 2.85. The third kappa shape index (κ3) is 3.56. The molecule has 23 heavy (non-hydrogen) atoms. The van der Waals surface area contributed by atoms with Crippen LogP contribution in [0.3, 0.4) is 0 Å². The molecule has 0 aliphatic carbocycles. The Bertz CT molecular complexity index is 722. The Morgan fingerprint density at radius 1 is 0.913 bits per heavy atom. The van der Waals surface area contributed by atoms with Gasteiger partial charge in [-0.15, -0.1) is 4.98 Å². The minimum Gasteiger partial charge on any atom is -1.00 e. The number of hydrogen-bond donors (Lipinski definition) is 0. The fourth-order valence-electron chi connectivity index (χ4n) is 3.44. The summed E-state index contributed by atoms with van der Waals surface area (Å²) in [5, 5.41) is 0. The first-order valence-corrected chi connectivity index (χ1v) is 7.85. The van der Waals surface area contributed by atoms with Crippen molar-refractivity contribution in [3.05, 3.63) is 52.2 Å². The largest absolute Gasteiger partial charge is 1.00 e. The lowest BCUT2D eigenvalue weighted by molar-refractivity contribution is -0.428. The SMILES string of the molecule is Cc1cc(C)nc([N+]2=CN(c3c(C)cc(C)cc3C)CC2)c1.[Cl-]. The summed E-state index contributed by atoms with van der Waals surface area (Å²) < 4.78 is 2.25. The molecule has 0 atom stereocenters. The van der Waals surface area contributed by atoms with Crippen molar-refractivity contribution in [3.63, 3.8) is 0 Å². The fraction of sp³-hybridized carbons (Fsp3) is 0.368. The molecule has 0 amide bonds. The van der Waals surface area contributed by atoms with Crippen molar-refractivity contribution in [1.29, 1.82) is 0 Å². The van der Waals surface area contributed by atoms with Crippen LogP contribution in [-0.4, -0.2) is 29.0 Å². The van der Waals surface area contributed by atoms with E-state index < -0.39 is 0 Å². The maximum absolute atomic E-state index is 4.67. The van der Waals surface area contributed by atoms with Gasteiger partial charge in [-0.1, -0.05) is 17.7 Å².